The molecule has 0 heterocycles. The monoisotopic (exact) mass is 175 g/mol. The van der Waals surface area contributed by atoms with Crippen LogP contribution < -0.4 is 5.50 Å². The summed E-state index contributed by atoms with van der Waals surface area (Å²) in [6.45, 7) is 3.70. The van der Waals surface area contributed by atoms with Gasteiger partial charge in [-0.3, -0.25) is 4.79 Å². The highest BCUT2D eigenvalue weighted by Gasteiger charge is 2.09. The largest absolute Gasteiger partial charge is 0.311 e. The fraction of sp³-hybridized carbons (Fsp3) is 0.750. The normalized spacial score (nSPS) is 15.9. The summed E-state index contributed by atoms with van der Waals surface area (Å²) in [5.41, 5.74) is 5.88. The Labute approximate surface area is 69.2 Å². The fourth-order valence-electron chi connectivity index (χ4n) is 0.996. The second-order valence-corrected chi connectivity index (χ2v) is 6.36. The molecule has 2 nitrogen and oxygen atoms in total. The van der Waals surface area contributed by atoms with Crippen LogP contribution in [0.1, 0.15) is 26.7 Å². The van der Waals surface area contributed by atoms with Crippen molar-refractivity contribution in [3.8, 4) is 0 Å². The van der Waals surface area contributed by atoms with E-state index in [1.807, 2.05) is 0 Å². The van der Waals surface area contributed by atoms with E-state index in [0.717, 1.165) is 19.0 Å². The van der Waals surface area contributed by atoms with Gasteiger partial charge in [0, 0.05) is 6.16 Å². The van der Waals surface area contributed by atoms with Crippen molar-refractivity contribution in [3.63, 3.8) is 0 Å². The number of ketones is 1. The van der Waals surface area contributed by atoms with E-state index in [9.17, 15) is 4.79 Å². The summed E-state index contributed by atoms with van der Waals surface area (Å²) in [5, 5.41) is 0. The summed E-state index contributed by atoms with van der Waals surface area (Å²) in [4.78, 5) is 10.7. The lowest BCUT2D eigenvalue weighted by Crippen LogP contribution is -2.10. The number of hydrogen-bond donors (Lipinski definition) is 1. The Morgan fingerprint density at radius 2 is 2.18 bits per heavy atom. The molecule has 0 saturated carbocycles. The lowest BCUT2D eigenvalue weighted by molar-refractivity contribution is -0.114. The van der Waals surface area contributed by atoms with Crippen molar-refractivity contribution in [1.29, 1.82) is 0 Å². The highest BCUT2D eigenvalue weighted by molar-refractivity contribution is 7.72. The Bertz CT molecular complexity index is 177. The first-order valence-corrected chi connectivity index (χ1v) is 6.39. The Morgan fingerprint density at radius 1 is 1.64 bits per heavy atom. The zero-order valence-electron chi connectivity index (χ0n) is 7.47. The standard InChI is InChI=1S/C8H18NOP/c1-4-5-6-11(3,9)7-8(2)10/h3-7,9H2,1-2H3. The number of carbonyl (C=O) groups is 1. The maximum atomic E-state index is 10.7. The minimum Gasteiger partial charge on any atom is -0.311 e. The van der Waals surface area contributed by atoms with Gasteiger partial charge in [-0.1, -0.05) is 26.7 Å². The number of carbonyl (C=O) groups excluding carboxylic acids is 1. The van der Waals surface area contributed by atoms with Gasteiger partial charge in [0.25, 0.3) is 0 Å². The molecule has 0 aliphatic carbocycles. The molecule has 0 aliphatic rings. The maximum Gasteiger partial charge on any atom is 0.135 e. The van der Waals surface area contributed by atoms with Crippen molar-refractivity contribution in [1.82, 2.24) is 0 Å². The number of Topliss-reactive ketones (excluding diaryl/α,β-unsaturated/α-hetero) is 1. The lowest BCUT2D eigenvalue weighted by atomic mass is 10.4. The van der Waals surface area contributed by atoms with Crippen molar-refractivity contribution in [2.45, 2.75) is 26.7 Å². The van der Waals surface area contributed by atoms with Gasteiger partial charge in [-0.15, -0.1) is 0 Å². The molecule has 0 aromatic heterocycles. The summed E-state index contributed by atoms with van der Waals surface area (Å²) >= 11 is 0. The van der Waals surface area contributed by atoms with Crippen LogP contribution in [0.5, 0.6) is 0 Å². The van der Waals surface area contributed by atoms with E-state index < -0.39 is 7.04 Å². The van der Waals surface area contributed by atoms with Crippen molar-refractivity contribution in [2.75, 3.05) is 12.3 Å². The molecule has 0 bridgehead atoms. The Hall–Kier alpha value is -0.0700. The molecule has 0 rings (SSSR count). The van der Waals surface area contributed by atoms with Gasteiger partial charge in [0.05, 0.1) is 0 Å². The third kappa shape index (κ3) is 6.33. The van der Waals surface area contributed by atoms with Gasteiger partial charge in [0.15, 0.2) is 0 Å². The quantitative estimate of drug-likeness (QED) is 0.646. The zero-order valence-corrected chi connectivity index (χ0v) is 8.36. The van der Waals surface area contributed by atoms with Gasteiger partial charge >= 0.3 is 0 Å². The van der Waals surface area contributed by atoms with Crippen LogP contribution in [-0.2, 0) is 4.79 Å². The molecular formula is C8H18NOP. The molecule has 0 spiro atoms. The number of unbranched alkanes of at least 4 members (excludes halogenated alkanes) is 1. The first-order valence-electron chi connectivity index (χ1n) is 3.97. The van der Waals surface area contributed by atoms with Crippen LogP contribution in [0.2, 0.25) is 0 Å². The Morgan fingerprint density at radius 3 is 2.55 bits per heavy atom. The predicted octanol–water partition coefficient (Wildman–Crippen LogP) is 1.70. The minimum absolute atomic E-state index is 0.173. The first kappa shape index (κ1) is 10.9. The first-order chi connectivity index (χ1) is 4.98. The molecule has 0 radical (unpaired) electrons. The molecule has 0 fully saturated rings. The van der Waals surface area contributed by atoms with Crippen LogP contribution in [0, 0.1) is 0 Å². The average Bonchev–Trinajstić information content (AvgIpc) is 1.81. The number of nitrogens with two attached hydrogens (primary N) is 1. The zero-order chi connectivity index (χ0) is 8.91. The third-order valence-corrected chi connectivity index (χ3v) is 3.78. The van der Waals surface area contributed by atoms with Gasteiger partial charge in [0.1, 0.15) is 5.78 Å². The molecule has 0 aromatic rings. The molecular weight excluding hydrogens is 157 g/mol. The fourth-order valence-corrected chi connectivity index (χ4v) is 2.99. The molecule has 0 aliphatic heterocycles. The molecule has 11 heavy (non-hydrogen) atoms. The van der Waals surface area contributed by atoms with Crippen LogP contribution in [0.4, 0.5) is 0 Å². The third-order valence-electron chi connectivity index (χ3n) is 1.49. The summed E-state index contributed by atoms with van der Waals surface area (Å²) in [7, 11) is -1.61. The molecule has 0 aromatic carbocycles. The molecule has 2 N–H and O–H groups in total. The van der Waals surface area contributed by atoms with Crippen LogP contribution in [0.3, 0.4) is 0 Å². The molecule has 1 atom stereocenters. The van der Waals surface area contributed by atoms with Gasteiger partial charge in [0.2, 0.25) is 0 Å². The van der Waals surface area contributed by atoms with Crippen LogP contribution in [0.15, 0.2) is 0 Å². The SMILES string of the molecule is C=P(N)(CCCC)CC(C)=O. The van der Waals surface area contributed by atoms with Crippen molar-refractivity contribution in [2.24, 2.45) is 5.50 Å². The molecule has 0 saturated heterocycles. The highest BCUT2D eigenvalue weighted by Crippen LogP contribution is 2.35. The summed E-state index contributed by atoms with van der Waals surface area (Å²) in [6.07, 6.45) is 7.60. The van der Waals surface area contributed by atoms with Crippen LogP contribution >= 0.6 is 7.04 Å². The van der Waals surface area contributed by atoms with Crippen molar-refractivity contribution < 1.29 is 4.79 Å². The van der Waals surface area contributed by atoms with Crippen LogP contribution in [0.25, 0.3) is 0 Å². The molecule has 3 heteroatoms. The minimum atomic E-state index is -1.61. The molecule has 66 valence electrons. The Balaban J connectivity index is 3.80. The van der Waals surface area contributed by atoms with E-state index in [1.54, 1.807) is 6.92 Å². The van der Waals surface area contributed by atoms with E-state index in [0.29, 0.717) is 6.16 Å². The topological polar surface area (TPSA) is 43.1 Å². The van der Waals surface area contributed by atoms with Gasteiger partial charge in [-0.05, 0) is 19.5 Å². The smallest absolute Gasteiger partial charge is 0.135 e. The summed E-state index contributed by atoms with van der Waals surface area (Å²) in [6, 6.07) is 0. The Kier molecular flexibility index (Phi) is 4.71. The summed E-state index contributed by atoms with van der Waals surface area (Å²) < 4.78 is 0. The van der Waals surface area contributed by atoms with E-state index in [4.69, 9.17) is 5.50 Å². The second-order valence-electron chi connectivity index (χ2n) is 3.16. The van der Waals surface area contributed by atoms with Gasteiger partial charge in [-0.2, -0.15) is 0 Å². The summed E-state index contributed by atoms with van der Waals surface area (Å²) in [5.74, 6) is 0.173. The molecule has 1 unspecified atom stereocenters. The van der Waals surface area contributed by atoms with Crippen LogP contribution in [-0.4, -0.2) is 24.4 Å². The van der Waals surface area contributed by atoms with E-state index in [1.165, 1.54) is 0 Å². The second kappa shape index (κ2) is 4.74. The van der Waals surface area contributed by atoms with E-state index in [-0.39, 0.29) is 5.78 Å². The average molecular weight is 175 g/mol. The van der Waals surface area contributed by atoms with Gasteiger partial charge < -0.3 is 5.50 Å². The van der Waals surface area contributed by atoms with Crippen molar-refractivity contribution >= 4 is 19.1 Å². The predicted molar refractivity (Wildman–Crippen MR) is 53.6 cm³/mol. The van der Waals surface area contributed by atoms with Crippen molar-refractivity contribution in [3.05, 3.63) is 0 Å². The number of hydrogen-bond acceptors (Lipinski definition) is 2. The maximum absolute atomic E-state index is 10.7. The van der Waals surface area contributed by atoms with E-state index >= 15 is 0 Å². The van der Waals surface area contributed by atoms with Gasteiger partial charge in [-0.25, -0.2) is 0 Å². The lowest BCUT2D eigenvalue weighted by Gasteiger charge is -2.16. The number of rotatable bonds is 5. The highest BCUT2D eigenvalue weighted by atomic mass is 31.2. The molecule has 0 amide bonds. The van der Waals surface area contributed by atoms with E-state index in [2.05, 4.69) is 13.2 Å².